The Bertz CT molecular complexity index is 1220. The fourth-order valence-corrected chi connectivity index (χ4v) is 4.36. The molecule has 1 amide bonds. The van der Waals surface area contributed by atoms with Crippen molar-refractivity contribution in [3.63, 3.8) is 0 Å². The molecule has 2 atom stereocenters. The maximum atomic E-state index is 13.3. The summed E-state index contributed by atoms with van der Waals surface area (Å²) in [6.07, 6.45) is -0.141. The summed E-state index contributed by atoms with van der Waals surface area (Å²) >= 11 is 6.74. The normalized spacial score (nSPS) is 18.8. The lowest BCUT2D eigenvalue weighted by atomic mass is 9.86. The zero-order valence-electron chi connectivity index (χ0n) is 21.8. The van der Waals surface area contributed by atoms with E-state index < -0.39 is 47.1 Å². The van der Waals surface area contributed by atoms with Crippen molar-refractivity contribution in [2.24, 2.45) is 5.92 Å². The number of likely N-dealkylation sites (tertiary alicyclic amines) is 1. The van der Waals surface area contributed by atoms with Gasteiger partial charge in [-0.05, 0) is 60.1 Å². The highest BCUT2D eigenvalue weighted by Gasteiger charge is 2.44. The van der Waals surface area contributed by atoms with E-state index in [1.807, 2.05) is 0 Å². The molecular weight excluding hydrogens is 490 g/mol. The number of amides is 1. The number of ketones is 1. The SMILES string of the molecule is COC(=O)C1CN(C(=O)OC(C)(C)C)C(c2c(Cl)c(C)cc3c2cnn3C(=O)OC(C)(C)C)CC1=O. The van der Waals surface area contributed by atoms with Crippen LogP contribution in [0.25, 0.3) is 10.9 Å². The van der Waals surface area contributed by atoms with E-state index in [9.17, 15) is 19.2 Å². The van der Waals surface area contributed by atoms with Gasteiger partial charge in [0.2, 0.25) is 0 Å². The van der Waals surface area contributed by atoms with E-state index in [-0.39, 0.29) is 13.0 Å². The number of esters is 1. The molecule has 0 spiro atoms. The third kappa shape index (κ3) is 5.64. The lowest BCUT2D eigenvalue weighted by Crippen LogP contribution is -2.50. The molecule has 1 aliphatic heterocycles. The Kier molecular flexibility index (Phi) is 7.41. The number of aromatic nitrogens is 2. The van der Waals surface area contributed by atoms with Crippen molar-refractivity contribution in [3.05, 3.63) is 28.4 Å². The number of carbonyl (C=O) groups is 4. The molecule has 0 bridgehead atoms. The summed E-state index contributed by atoms with van der Waals surface area (Å²) in [6, 6.07) is 0.831. The molecule has 36 heavy (non-hydrogen) atoms. The zero-order valence-corrected chi connectivity index (χ0v) is 22.6. The van der Waals surface area contributed by atoms with Gasteiger partial charge in [0.05, 0.1) is 24.9 Å². The van der Waals surface area contributed by atoms with Gasteiger partial charge in [0.15, 0.2) is 5.78 Å². The summed E-state index contributed by atoms with van der Waals surface area (Å²) < 4.78 is 17.0. The smallest absolute Gasteiger partial charge is 0.435 e. The molecule has 0 saturated carbocycles. The molecule has 3 rings (SSSR count). The molecule has 0 N–H and O–H groups in total. The van der Waals surface area contributed by atoms with E-state index in [4.69, 9.17) is 25.8 Å². The van der Waals surface area contributed by atoms with Crippen molar-refractivity contribution < 1.29 is 33.4 Å². The van der Waals surface area contributed by atoms with Gasteiger partial charge in [-0.2, -0.15) is 9.78 Å². The van der Waals surface area contributed by atoms with Crippen molar-refractivity contribution >= 4 is 46.4 Å². The third-order valence-electron chi connectivity index (χ3n) is 5.58. The Balaban J connectivity index is 2.17. The quantitative estimate of drug-likeness (QED) is 0.313. The van der Waals surface area contributed by atoms with E-state index in [0.717, 1.165) is 4.68 Å². The summed E-state index contributed by atoms with van der Waals surface area (Å²) in [7, 11) is 1.19. The number of hydrogen-bond donors (Lipinski definition) is 0. The Morgan fingerprint density at radius 1 is 1.06 bits per heavy atom. The first-order valence-electron chi connectivity index (χ1n) is 11.5. The number of carbonyl (C=O) groups excluding carboxylic acids is 4. The summed E-state index contributed by atoms with van der Waals surface area (Å²) in [6.45, 7) is 11.9. The van der Waals surface area contributed by atoms with Crippen LogP contribution in [0.2, 0.25) is 5.02 Å². The van der Waals surface area contributed by atoms with Crippen molar-refractivity contribution in [3.8, 4) is 0 Å². The first-order valence-corrected chi connectivity index (χ1v) is 11.9. The Labute approximate surface area is 214 Å². The third-order valence-corrected chi connectivity index (χ3v) is 6.09. The van der Waals surface area contributed by atoms with Gasteiger partial charge < -0.3 is 14.2 Å². The molecule has 10 nitrogen and oxygen atoms in total. The molecule has 0 aliphatic carbocycles. The van der Waals surface area contributed by atoms with Gasteiger partial charge >= 0.3 is 18.2 Å². The van der Waals surface area contributed by atoms with Crippen molar-refractivity contribution in [1.82, 2.24) is 14.7 Å². The fraction of sp³-hybridized carbons (Fsp3) is 0.560. The minimum Gasteiger partial charge on any atom is -0.468 e. The minimum absolute atomic E-state index is 0.200. The predicted octanol–water partition coefficient (Wildman–Crippen LogP) is 4.82. The number of piperidine rings is 1. The van der Waals surface area contributed by atoms with Crippen LogP contribution in [0.5, 0.6) is 0 Å². The van der Waals surface area contributed by atoms with Crippen molar-refractivity contribution in [2.75, 3.05) is 13.7 Å². The average molecular weight is 522 g/mol. The van der Waals surface area contributed by atoms with Gasteiger partial charge in [0.1, 0.15) is 17.1 Å². The number of aryl methyl sites for hydroxylation is 1. The number of benzene rings is 1. The van der Waals surface area contributed by atoms with Crippen LogP contribution in [0.1, 0.15) is 65.1 Å². The summed E-state index contributed by atoms with van der Waals surface area (Å²) in [5, 5.41) is 5.00. The Hall–Kier alpha value is -3.14. The van der Waals surface area contributed by atoms with Gasteiger partial charge in [0.25, 0.3) is 0 Å². The molecule has 196 valence electrons. The fourth-order valence-electron chi connectivity index (χ4n) is 4.08. The number of nitrogens with zero attached hydrogens (tertiary/aromatic N) is 3. The van der Waals surface area contributed by atoms with Crippen molar-refractivity contribution in [2.45, 2.75) is 72.1 Å². The molecule has 1 fully saturated rings. The number of fused-ring (bicyclic) bond motifs is 1. The van der Waals surface area contributed by atoms with Crippen LogP contribution in [0.3, 0.4) is 0 Å². The average Bonchev–Trinajstić information content (AvgIpc) is 3.14. The maximum Gasteiger partial charge on any atom is 0.435 e. The number of ether oxygens (including phenoxy) is 3. The summed E-state index contributed by atoms with van der Waals surface area (Å²) in [5.41, 5.74) is -0.115. The van der Waals surface area contributed by atoms with E-state index >= 15 is 0 Å². The van der Waals surface area contributed by atoms with Gasteiger partial charge in [-0.15, -0.1) is 0 Å². The highest BCUT2D eigenvalue weighted by atomic mass is 35.5. The number of methoxy groups -OCH3 is 1. The van der Waals surface area contributed by atoms with Crippen LogP contribution in [-0.2, 0) is 23.8 Å². The molecule has 1 saturated heterocycles. The first kappa shape index (κ1) is 27.4. The van der Waals surface area contributed by atoms with Gasteiger partial charge in [-0.25, -0.2) is 9.59 Å². The van der Waals surface area contributed by atoms with Gasteiger partial charge in [0, 0.05) is 28.9 Å². The van der Waals surface area contributed by atoms with Crippen LogP contribution in [0.15, 0.2) is 12.3 Å². The van der Waals surface area contributed by atoms with Crippen LogP contribution in [0.4, 0.5) is 9.59 Å². The van der Waals surface area contributed by atoms with E-state index in [1.54, 1.807) is 54.5 Å². The van der Waals surface area contributed by atoms with Crippen LogP contribution in [0, 0.1) is 12.8 Å². The van der Waals surface area contributed by atoms with Crippen LogP contribution in [-0.4, -0.2) is 63.5 Å². The Morgan fingerprint density at radius 3 is 2.19 bits per heavy atom. The second-order valence-corrected chi connectivity index (χ2v) is 11.2. The lowest BCUT2D eigenvalue weighted by molar-refractivity contribution is -0.152. The van der Waals surface area contributed by atoms with Crippen LogP contribution >= 0.6 is 11.6 Å². The largest absolute Gasteiger partial charge is 0.468 e. The predicted molar refractivity (Wildman–Crippen MR) is 132 cm³/mol. The lowest BCUT2D eigenvalue weighted by Gasteiger charge is -2.39. The molecule has 11 heteroatoms. The second kappa shape index (κ2) is 9.72. The second-order valence-electron chi connectivity index (χ2n) is 10.8. The zero-order chi connectivity index (χ0) is 27.2. The number of Topliss-reactive ketones (excluding diaryl/α,β-unsaturated/α-hetero) is 1. The molecule has 2 heterocycles. The van der Waals surface area contributed by atoms with E-state index in [0.29, 0.717) is 27.1 Å². The van der Waals surface area contributed by atoms with E-state index in [2.05, 4.69) is 5.10 Å². The monoisotopic (exact) mass is 521 g/mol. The number of halogens is 1. The highest BCUT2D eigenvalue weighted by molar-refractivity contribution is 6.33. The maximum absolute atomic E-state index is 13.3. The topological polar surface area (TPSA) is 117 Å². The highest BCUT2D eigenvalue weighted by Crippen LogP contribution is 2.42. The van der Waals surface area contributed by atoms with Crippen molar-refractivity contribution in [1.29, 1.82) is 0 Å². The molecular formula is C25H32ClN3O7. The van der Waals surface area contributed by atoms with E-state index in [1.165, 1.54) is 18.2 Å². The minimum atomic E-state index is -1.15. The van der Waals surface area contributed by atoms with Gasteiger partial charge in [-0.3, -0.25) is 14.5 Å². The molecule has 1 aromatic carbocycles. The summed E-state index contributed by atoms with van der Waals surface area (Å²) in [5.74, 6) is -2.27. The molecule has 2 unspecified atom stereocenters. The number of rotatable bonds is 2. The number of hydrogen-bond acceptors (Lipinski definition) is 8. The Morgan fingerprint density at radius 2 is 1.64 bits per heavy atom. The summed E-state index contributed by atoms with van der Waals surface area (Å²) in [4.78, 5) is 52.7. The van der Waals surface area contributed by atoms with Crippen LogP contribution < -0.4 is 0 Å². The molecule has 1 aliphatic rings. The standard InChI is InChI=1S/C25H32ClN3O7/c1-13-9-16-14(11-27-29(16)23(33)36-25(5,6)7)19(20(13)26)17-10-18(30)15(21(31)34-8)12-28(17)22(32)35-24(2,3)4/h9,11,15,17H,10,12H2,1-8H3. The van der Waals surface area contributed by atoms with Gasteiger partial charge in [-0.1, -0.05) is 11.6 Å². The first-order chi connectivity index (χ1) is 16.5. The molecule has 1 aromatic heterocycles. The molecule has 0 radical (unpaired) electrons. The molecule has 2 aromatic rings.